The van der Waals surface area contributed by atoms with Crippen LogP contribution in [-0.2, 0) is 0 Å². The summed E-state index contributed by atoms with van der Waals surface area (Å²) in [5.41, 5.74) is 0.175. The number of nitrogens with zero attached hydrogens (tertiary/aromatic N) is 2. The molecule has 14 heavy (non-hydrogen) atoms. The lowest BCUT2D eigenvalue weighted by Crippen LogP contribution is -1.83. The van der Waals surface area contributed by atoms with Gasteiger partial charge in [-0.3, -0.25) is 0 Å². The Kier molecular flexibility index (Phi) is 2.39. The lowest BCUT2D eigenvalue weighted by atomic mass is 10.2. The molecule has 2 aromatic rings. The Hall–Kier alpha value is -1.13. The Morgan fingerprint density at radius 3 is 2.64 bits per heavy atom. The highest BCUT2D eigenvalue weighted by molar-refractivity contribution is 6.30. The SMILES string of the molecule is Fc1cc(Cl)ccc1-c1nc(Cl)no1. The first kappa shape index (κ1) is 9.43. The predicted octanol–water partition coefficient (Wildman–Crippen LogP) is 3.18. The third kappa shape index (κ3) is 1.71. The van der Waals surface area contributed by atoms with Gasteiger partial charge in [0.05, 0.1) is 5.56 Å². The van der Waals surface area contributed by atoms with Gasteiger partial charge >= 0.3 is 0 Å². The Balaban J connectivity index is 2.52. The highest BCUT2D eigenvalue weighted by atomic mass is 35.5. The van der Waals surface area contributed by atoms with Crippen LogP contribution in [0, 0.1) is 5.82 Å². The van der Waals surface area contributed by atoms with Crippen LogP contribution in [0.3, 0.4) is 0 Å². The number of rotatable bonds is 1. The van der Waals surface area contributed by atoms with Crippen molar-refractivity contribution in [3.05, 3.63) is 34.3 Å². The van der Waals surface area contributed by atoms with Crippen molar-refractivity contribution in [2.45, 2.75) is 0 Å². The van der Waals surface area contributed by atoms with E-state index in [1.807, 2.05) is 0 Å². The second-order valence-electron chi connectivity index (χ2n) is 2.49. The largest absolute Gasteiger partial charge is 0.333 e. The van der Waals surface area contributed by atoms with Gasteiger partial charge in [-0.05, 0) is 35.0 Å². The maximum Gasteiger partial charge on any atom is 0.264 e. The van der Waals surface area contributed by atoms with Crippen LogP contribution in [0.15, 0.2) is 22.7 Å². The van der Waals surface area contributed by atoms with Crippen LogP contribution in [0.2, 0.25) is 10.3 Å². The standard InChI is InChI=1S/C8H3Cl2FN2O/c9-4-1-2-5(6(11)3-4)7-12-8(10)13-14-7/h1-3H. The summed E-state index contributed by atoms with van der Waals surface area (Å²) < 4.78 is 18.0. The van der Waals surface area contributed by atoms with E-state index in [4.69, 9.17) is 27.7 Å². The molecule has 0 aliphatic carbocycles. The fourth-order valence-corrected chi connectivity index (χ4v) is 1.25. The molecular weight excluding hydrogens is 230 g/mol. The van der Waals surface area contributed by atoms with Crippen LogP contribution in [0.25, 0.3) is 11.5 Å². The van der Waals surface area contributed by atoms with E-state index < -0.39 is 5.82 Å². The molecule has 0 aliphatic heterocycles. The lowest BCUT2D eigenvalue weighted by molar-refractivity contribution is 0.428. The van der Waals surface area contributed by atoms with Crippen molar-refractivity contribution in [1.29, 1.82) is 0 Å². The van der Waals surface area contributed by atoms with E-state index in [-0.39, 0.29) is 16.7 Å². The van der Waals surface area contributed by atoms with Crippen molar-refractivity contribution in [2.75, 3.05) is 0 Å². The molecule has 1 aromatic carbocycles. The molecule has 0 fully saturated rings. The number of hydrogen-bond donors (Lipinski definition) is 0. The van der Waals surface area contributed by atoms with Gasteiger partial charge in [-0.1, -0.05) is 11.6 Å². The fourth-order valence-electron chi connectivity index (χ4n) is 0.978. The monoisotopic (exact) mass is 232 g/mol. The van der Waals surface area contributed by atoms with Gasteiger partial charge in [0.15, 0.2) is 0 Å². The summed E-state index contributed by atoms with van der Waals surface area (Å²) in [5, 5.41) is 3.58. The van der Waals surface area contributed by atoms with E-state index >= 15 is 0 Å². The summed E-state index contributed by atoms with van der Waals surface area (Å²) in [6.45, 7) is 0. The van der Waals surface area contributed by atoms with Crippen molar-refractivity contribution >= 4 is 23.2 Å². The third-order valence-electron chi connectivity index (χ3n) is 1.56. The molecule has 0 aliphatic rings. The zero-order chi connectivity index (χ0) is 10.1. The fraction of sp³-hybridized carbons (Fsp3) is 0. The summed E-state index contributed by atoms with van der Waals surface area (Å²) in [5.74, 6) is -0.498. The minimum atomic E-state index is -0.530. The van der Waals surface area contributed by atoms with Crippen molar-refractivity contribution in [3.8, 4) is 11.5 Å². The van der Waals surface area contributed by atoms with Gasteiger partial charge in [-0.2, -0.15) is 4.98 Å². The first-order valence-corrected chi connectivity index (χ1v) is 4.37. The zero-order valence-electron chi connectivity index (χ0n) is 6.67. The summed E-state index contributed by atoms with van der Waals surface area (Å²) in [7, 11) is 0. The minimum absolute atomic E-state index is 0.0316. The van der Waals surface area contributed by atoms with Crippen LogP contribution in [0.4, 0.5) is 4.39 Å². The van der Waals surface area contributed by atoms with Gasteiger partial charge in [0.25, 0.3) is 11.2 Å². The molecule has 72 valence electrons. The number of aromatic nitrogens is 2. The lowest BCUT2D eigenvalue weighted by Gasteiger charge is -1.96. The van der Waals surface area contributed by atoms with Gasteiger partial charge in [-0.25, -0.2) is 4.39 Å². The molecule has 0 saturated heterocycles. The normalized spacial score (nSPS) is 10.5. The van der Waals surface area contributed by atoms with E-state index in [1.54, 1.807) is 0 Å². The van der Waals surface area contributed by atoms with Crippen molar-refractivity contribution < 1.29 is 8.91 Å². The smallest absolute Gasteiger partial charge is 0.264 e. The number of benzene rings is 1. The zero-order valence-corrected chi connectivity index (χ0v) is 8.18. The topological polar surface area (TPSA) is 38.9 Å². The molecule has 0 bridgehead atoms. The van der Waals surface area contributed by atoms with Crippen LogP contribution < -0.4 is 0 Å². The second-order valence-corrected chi connectivity index (χ2v) is 3.27. The Bertz CT molecular complexity index is 472. The van der Waals surface area contributed by atoms with Crippen LogP contribution in [-0.4, -0.2) is 10.1 Å². The Labute approximate surface area is 88.4 Å². The molecule has 0 atom stereocenters. The molecule has 3 nitrogen and oxygen atoms in total. The average molecular weight is 233 g/mol. The van der Waals surface area contributed by atoms with E-state index in [0.29, 0.717) is 5.02 Å². The molecule has 0 saturated carbocycles. The Morgan fingerprint density at radius 1 is 1.29 bits per heavy atom. The van der Waals surface area contributed by atoms with Crippen molar-refractivity contribution in [1.82, 2.24) is 10.1 Å². The maximum absolute atomic E-state index is 13.3. The number of halogens is 3. The molecule has 0 unspecified atom stereocenters. The molecule has 0 N–H and O–H groups in total. The maximum atomic E-state index is 13.3. The highest BCUT2D eigenvalue weighted by Gasteiger charge is 2.12. The van der Waals surface area contributed by atoms with Gasteiger partial charge in [-0.15, -0.1) is 0 Å². The third-order valence-corrected chi connectivity index (χ3v) is 1.95. The van der Waals surface area contributed by atoms with Crippen LogP contribution in [0.5, 0.6) is 0 Å². The molecule has 6 heteroatoms. The predicted molar refractivity (Wildman–Crippen MR) is 49.7 cm³/mol. The first-order chi connectivity index (χ1) is 6.66. The van der Waals surface area contributed by atoms with E-state index in [0.717, 1.165) is 6.07 Å². The van der Waals surface area contributed by atoms with E-state index in [9.17, 15) is 4.39 Å². The van der Waals surface area contributed by atoms with Crippen LogP contribution in [0.1, 0.15) is 0 Å². The van der Waals surface area contributed by atoms with Crippen molar-refractivity contribution in [3.63, 3.8) is 0 Å². The molecular formula is C8H3Cl2FN2O. The van der Waals surface area contributed by atoms with Gasteiger partial charge in [0.2, 0.25) is 0 Å². The summed E-state index contributed by atoms with van der Waals surface area (Å²) in [4.78, 5) is 3.68. The number of hydrogen-bond acceptors (Lipinski definition) is 3. The van der Waals surface area contributed by atoms with Gasteiger partial charge in [0, 0.05) is 5.02 Å². The summed E-state index contributed by atoms with van der Waals surface area (Å²) >= 11 is 11.0. The molecule has 2 rings (SSSR count). The molecule has 1 aromatic heterocycles. The molecule has 0 amide bonds. The molecule has 1 heterocycles. The summed E-state index contributed by atoms with van der Waals surface area (Å²) in [6.07, 6.45) is 0. The Morgan fingerprint density at radius 2 is 2.07 bits per heavy atom. The molecule has 0 radical (unpaired) electrons. The second kappa shape index (κ2) is 3.55. The van der Waals surface area contributed by atoms with E-state index in [2.05, 4.69) is 10.1 Å². The average Bonchev–Trinajstić information content (AvgIpc) is 2.51. The highest BCUT2D eigenvalue weighted by Crippen LogP contribution is 2.24. The summed E-state index contributed by atoms with van der Waals surface area (Å²) in [6, 6.07) is 4.13. The van der Waals surface area contributed by atoms with Crippen molar-refractivity contribution in [2.24, 2.45) is 0 Å². The molecule has 0 spiro atoms. The van der Waals surface area contributed by atoms with Gasteiger partial charge < -0.3 is 4.52 Å². The van der Waals surface area contributed by atoms with Gasteiger partial charge in [0.1, 0.15) is 5.82 Å². The van der Waals surface area contributed by atoms with E-state index in [1.165, 1.54) is 12.1 Å². The first-order valence-electron chi connectivity index (χ1n) is 3.61. The minimum Gasteiger partial charge on any atom is -0.333 e. The van der Waals surface area contributed by atoms with Crippen LogP contribution >= 0.6 is 23.2 Å². The quantitative estimate of drug-likeness (QED) is 0.759.